The lowest BCUT2D eigenvalue weighted by molar-refractivity contribution is -0.154. The molecule has 7 nitrogen and oxygen atoms in total. The summed E-state index contributed by atoms with van der Waals surface area (Å²) in [5.74, 6) is -2.67. The zero-order valence-electron chi connectivity index (χ0n) is 9.62. The van der Waals surface area contributed by atoms with Crippen molar-refractivity contribution >= 4 is 11.9 Å². The predicted molar refractivity (Wildman–Crippen MR) is 57.0 cm³/mol. The summed E-state index contributed by atoms with van der Waals surface area (Å²) in [7, 11) is 2.37. The Labute approximate surface area is 98.0 Å². The molecule has 0 aromatic carbocycles. The van der Waals surface area contributed by atoms with Gasteiger partial charge in [0.25, 0.3) is 0 Å². The van der Waals surface area contributed by atoms with Crippen LogP contribution in [-0.2, 0) is 25.6 Å². The largest absolute Gasteiger partial charge is 0.468 e. The van der Waals surface area contributed by atoms with Gasteiger partial charge in [-0.1, -0.05) is 11.3 Å². The molecule has 0 amide bonds. The lowest BCUT2D eigenvalue weighted by Gasteiger charge is -2.08. The van der Waals surface area contributed by atoms with Gasteiger partial charge in [0.1, 0.15) is 5.69 Å². The lowest BCUT2D eigenvalue weighted by Crippen LogP contribution is -2.24. The van der Waals surface area contributed by atoms with Crippen LogP contribution < -0.4 is 0 Å². The Bertz CT molecular complexity index is 411. The standard InChI is InChI=1S/C10H13N3O4/c1-4-5-13-6-7(11-12-13)8(9(14)16-2)10(15)17-3/h4,6,8H,1,5H2,2-3H3. The van der Waals surface area contributed by atoms with E-state index in [1.54, 1.807) is 6.08 Å². The van der Waals surface area contributed by atoms with Crippen LogP contribution in [0.2, 0.25) is 0 Å². The molecule has 17 heavy (non-hydrogen) atoms. The Hall–Kier alpha value is -2.18. The summed E-state index contributed by atoms with van der Waals surface area (Å²) in [6.45, 7) is 3.97. The topological polar surface area (TPSA) is 83.3 Å². The van der Waals surface area contributed by atoms with E-state index in [0.29, 0.717) is 6.54 Å². The average molecular weight is 239 g/mol. The number of ether oxygens (including phenoxy) is 2. The Balaban J connectivity index is 2.99. The SMILES string of the molecule is C=CCn1cc(C(C(=O)OC)C(=O)OC)nn1. The van der Waals surface area contributed by atoms with Crippen molar-refractivity contribution < 1.29 is 19.1 Å². The van der Waals surface area contributed by atoms with Gasteiger partial charge in [-0.3, -0.25) is 9.59 Å². The van der Waals surface area contributed by atoms with E-state index in [1.807, 2.05) is 0 Å². The van der Waals surface area contributed by atoms with E-state index in [1.165, 1.54) is 25.1 Å². The molecule has 0 aliphatic rings. The van der Waals surface area contributed by atoms with Gasteiger partial charge in [0, 0.05) is 0 Å². The molecule has 1 aromatic rings. The molecule has 0 saturated heterocycles. The molecule has 92 valence electrons. The van der Waals surface area contributed by atoms with Gasteiger partial charge in [-0.05, 0) is 0 Å². The summed E-state index contributed by atoms with van der Waals surface area (Å²) >= 11 is 0. The van der Waals surface area contributed by atoms with Crippen LogP contribution in [0.15, 0.2) is 18.9 Å². The molecule has 1 heterocycles. The third-order valence-corrected chi connectivity index (χ3v) is 2.04. The first-order valence-electron chi connectivity index (χ1n) is 4.80. The number of hydrogen-bond acceptors (Lipinski definition) is 6. The fourth-order valence-electron chi connectivity index (χ4n) is 1.24. The molecule has 0 atom stereocenters. The quantitative estimate of drug-likeness (QED) is 0.405. The molecular formula is C10H13N3O4. The fraction of sp³-hybridized carbons (Fsp3) is 0.400. The van der Waals surface area contributed by atoms with E-state index in [4.69, 9.17) is 0 Å². The summed E-state index contributed by atoms with van der Waals surface area (Å²) in [4.78, 5) is 22.9. The normalized spacial score (nSPS) is 10.1. The summed E-state index contributed by atoms with van der Waals surface area (Å²) in [6.07, 6.45) is 3.09. The van der Waals surface area contributed by atoms with E-state index < -0.39 is 17.9 Å². The summed E-state index contributed by atoms with van der Waals surface area (Å²) in [6, 6.07) is 0. The van der Waals surface area contributed by atoms with Crippen LogP contribution >= 0.6 is 0 Å². The second-order valence-corrected chi connectivity index (χ2v) is 3.13. The number of esters is 2. The van der Waals surface area contributed by atoms with E-state index in [9.17, 15) is 9.59 Å². The molecule has 0 spiro atoms. The van der Waals surface area contributed by atoms with Crippen molar-refractivity contribution in [2.24, 2.45) is 0 Å². The molecule has 1 rings (SSSR count). The summed E-state index contributed by atoms with van der Waals surface area (Å²) < 4.78 is 10.5. The number of carbonyl (C=O) groups excluding carboxylic acids is 2. The maximum absolute atomic E-state index is 11.5. The molecule has 0 fully saturated rings. The Morgan fingerprint density at radius 2 is 2.06 bits per heavy atom. The highest BCUT2D eigenvalue weighted by atomic mass is 16.5. The highest BCUT2D eigenvalue weighted by Crippen LogP contribution is 2.16. The van der Waals surface area contributed by atoms with Crippen LogP contribution in [0, 0.1) is 0 Å². The van der Waals surface area contributed by atoms with Gasteiger partial charge in [-0.2, -0.15) is 0 Å². The van der Waals surface area contributed by atoms with Crippen LogP contribution in [-0.4, -0.2) is 41.2 Å². The van der Waals surface area contributed by atoms with Crippen molar-refractivity contribution in [1.29, 1.82) is 0 Å². The second kappa shape index (κ2) is 5.78. The number of nitrogens with zero attached hydrogens (tertiary/aromatic N) is 3. The van der Waals surface area contributed by atoms with Crippen molar-refractivity contribution in [3.63, 3.8) is 0 Å². The van der Waals surface area contributed by atoms with Gasteiger partial charge >= 0.3 is 11.9 Å². The molecule has 0 radical (unpaired) electrons. The van der Waals surface area contributed by atoms with Gasteiger partial charge in [-0.15, -0.1) is 11.7 Å². The van der Waals surface area contributed by atoms with Crippen molar-refractivity contribution in [1.82, 2.24) is 15.0 Å². The van der Waals surface area contributed by atoms with Gasteiger partial charge < -0.3 is 9.47 Å². The molecular weight excluding hydrogens is 226 g/mol. The molecule has 0 saturated carbocycles. The third kappa shape index (κ3) is 2.90. The van der Waals surface area contributed by atoms with Gasteiger partial charge in [0.05, 0.1) is 27.0 Å². The van der Waals surface area contributed by atoms with Gasteiger partial charge in [0.15, 0.2) is 5.92 Å². The first-order valence-corrected chi connectivity index (χ1v) is 4.80. The van der Waals surface area contributed by atoms with Crippen molar-refractivity contribution in [2.75, 3.05) is 14.2 Å². The van der Waals surface area contributed by atoms with Gasteiger partial charge in [-0.25, -0.2) is 4.68 Å². The summed E-state index contributed by atoms with van der Waals surface area (Å²) in [5.41, 5.74) is 0.186. The highest BCUT2D eigenvalue weighted by molar-refractivity contribution is 6.00. The van der Waals surface area contributed by atoms with Crippen molar-refractivity contribution in [3.05, 3.63) is 24.5 Å². The third-order valence-electron chi connectivity index (χ3n) is 2.04. The Kier molecular flexibility index (Phi) is 4.38. The maximum atomic E-state index is 11.5. The monoisotopic (exact) mass is 239 g/mol. The van der Waals surface area contributed by atoms with E-state index in [0.717, 1.165) is 0 Å². The van der Waals surface area contributed by atoms with Crippen LogP contribution in [0.5, 0.6) is 0 Å². The average Bonchev–Trinajstić information content (AvgIpc) is 2.77. The number of hydrogen-bond donors (Lipinski definition) is 0. The molecule has 7 heteroatoms. The lowest BCUT2D eigenvalue weighted by atomic mass is 10.1. The minimum absolute atomic E-state index is 0.186. The molecule has 0 N–H and O–H groups in total. The number of rotatable bonds is 5. The Morgan fingerprint density at radius 1 is 1.47 bits per heavy atom. The zero-order valence-corrected chi connectivity index (χ0v) is 9.62. The first kappa shape index (κ1) is 12.9. The van der Waals surface area contributed by atoms with E-state index in [2.05, 4.69) is 26.4 Å². The first-order chi connectivity index (χ1) is 8.13. The van der Waals surface area contributed by atoms with E-state index >= 15 is 0 Å². The number of carbonyl (C=O) groups is 2. The van der Waals surface area contributed by atoms with Crippen LogP contribution in [0.4, 0.5) is 0 Å². The molecule has 0 aliphatic carbocycles. The second-order valence-electron chi connectivity index (χ2n) is 3.13. The molecule has 0 unspecified atom stereocenters. The Morgan fingerprint density at radius 3 is 2.53 bits per heavy atom. The minimum atomic E-state index is -1.21. The fourth-order valence-corrected chi connectivity index (χ4v) is 1.24. The maximum Gasteiger partial charge on any atom is 0.326 e. The minimum Gasteiger partial charge on any atom is -0.468 e. The number of aromatic nitrogens is 3. The number of allylic oxidation sites excluding steroid dienone is 1. The van der Waals surface area contributed by atoms with Crippen molar-refractivity contribution in [3.8, 4) is 0 Å². The van der Waals surface area contributed by atoms with Crippen LogP contribution in [0.25, 0.3) is 0 Å². The predicted octanol–water partition coefficient (Wildman–Crippen LogP) is -0.106. The molecule has 0 aliphatic heterocycles. The number of methoxy groups -OCH3 is 2. The summed E-state index contributed by atoms with van der Waals surface area (Å²) in [5, 5.41) is 7.48. The highest BCUT2D eigenvalue weighted by Gasteiger charge is 2.33. The zero-order chi connectivity index (χ0) is 12.8. The molecule has 0 bridgehead atoms. The molecule has 1 aromatic heterocycles. The smallest absolute Gasteiger partial charge is 0.326 e. The van der Waals surface area contributed by atoms with Crippen LogP contribution in [0.3, 0.4) is 0 Å². The van der Waals surface area contributed by atoms with E-state index in [-0.39, 0.29) is 5.69 Å². The van der Waals surface area contributed by atoms with Crippen molar-refractivity contribution in [2.45, 2.75) is 12.5 Å². The van der Waals surface area contributed by atoms with Gasteiger partial charge in [0.2, 0.25) is 0 Å². The van der Waals surface area contributed by atoms with Crippen LogP contribution in [0.1, 0.15) is 11.6 Å².